The van der Waals surface area contributed by atoms with E-state index in [-0.39, 0.29) is 6.04 Å². The monoisotopic (exact) mass is 251 g/mol. The third-order valence-electron chi connectivity index (χ3n) is 1.95. The second-order valence-corrected chi connectivity index (χ2v) is 6.49. The van der Waals surface area contributed by atoms with Gasteiger partial charge in [-0.3, -0.25) is 0 Å². The van der Waals surface area contributed by atoms with Gasteiger partial charge < -0.3 is 5.73 Å². The maximum atomic E-state index is 11.7. The Morgan fingerprint density at radius 3 is 2.25 bits per heavy atom. The summed E-state index contributed by atoms with van der Waals surface area (Å²) in [6.07, 6.45) is 2.78. The third kappa shape index (κ3) is 8.04. The van der Waals surface area contributed by atoms with Crippen LogP contribution in [0.5, 0.6) is 0 Å². The lowest BCUT2D eigenvalue weighted by Crippen LogP contribution is -2.51. The van der Waals surface area contributed by atoms with Gasteiger partial charge >= 0.3 is 0 Å². The summed E-state index contributed by atoms with van der Waals surface area (Å²) in [5.41, 5.74) is 5.05. The molecule has 0 aromatic carbocycles. The first-order valence-corrected chi connectivity index (χ1v) is 7.20. The predicted molar refractivity (Wildman–Crippen MR) is 67.3 cm³/mol. The Morgan fingerprint density at radius 1 is 1.31 bits per heavy atom. The zero-order chi connectivity index (χ0) is 12.8. The van der Waals surface area contributed by atoms with Gasteiger partial charge in [-0.05, 0) is 27.2 Å². The van der Waals surface area contributed by atoms with Gasteiger partial charge in [-0.2, -0.15) is 17.9 Å². The Morgan fingerprint density at radius 2 is 1.88 bits per heavy atom. The fourth-order valence-corrected chi connectivity index (χ4v) is 2.85. The Labute approximate surface area is 99.4 Å². The predicted octanol–water partition coefficient (Wildman–Crippen LogP) is 0.726. The van der Waals surface area contributed by atoms with E-state index in [0.717, 1.165) is 19.3 Å². The molecule has 0 amide bonds. The van der Waals surface area contributed by atoms with Crippen LogP contribution in [0.4, 0.5) is 0 Å². The van der Waals surface area contributed by atoms with Gasteiger partial charge in [0.15, 0.2) is 0 Å². The van der Waals surface area contributed by atoms with Crippen molar-refractivity contribution in [3.8, 4) is 0 Å². The van der Waals surface area contributed by atoms with Crippen LogP contribution < -0.4 is 15.2 Å². The molecule has 1 atom stereocenters. The van der Waals surface area contributed by atoms with E-state index in [1.54, 1.807) is 20.8 Å². The largest absolute Gasteiger partial charge is 0.329 e. The zero-order valence-electron chi connectivity index (χ0n) is 10.7. The minimum atomic E-state index is -3.46. The number of unbranched alkanes of at least 4 members (excludes halogenated alkanes) is 1. The molecule has 5 nitrogen and oxygen atoms in total. The molecule has 0 heterocycles. The summed E-state index contributed by atoms with van der Waals surface area (Å²) >= 11 is 0. The van der Waals surface area contributed by atoms with Gasteiger partial charge in [-0.1, -0.05) is 19.8 Å². The Balaban J connectivity index is 4.32. The lowest BCUT2D eigenvalue weighted by atomic mass is 10.1. The van der Waals surface area contributed by atoms with Crippen molar-refractivity contribution in [1.29, 1.82) is 0 Å². The molecule has 0 bridgehead atoms. The maximum absolute atomic E-state index is 11.7. The Hall–Kier alpha value is -0.170. The Kier molecular flexibility index (Phi) is 6.47. The second kappa shape index (κ2) is 6.54. The molecule has 0 saturated heterocycles. The molecular formula is C10H25N3O2S. The highest BCUT2D eigenvalue weighted by atomic mass is 32.2. The van der Waals surface area contributed by atoms with Gasteiger partial charge in [0.2, 0.25) is 0 Å². The molecule has 98 valence electrons. The summed E-state index contributed by atoms with van der Waals surface area (Å²) in [6.45, 7) is 7.79. The summed E-state index contributed by atoms with van der Waals surface area (Å²) in [5.74, 6) is 0. The van der Waals surface area contributed by atoms with Gasteiger partial charge in [-0.25, -0.2) is 0 Å². The highest BCUT2D eigenvalue weighted by Crippen LogP contribution is 2.04. The van der Waals surface area contributed by atoms with E-state index in [1.165, 1.54) is 0 Å². The van der Waals surface area contributed by atoms with Crippen LogP contribution in [0.1, 0.15) is 47.0 Å². The summed E-state index contributed by atoms with van der Waals surface area (Å²) in [6, 6.07) is -0.181. The molecule has 0 aromatic rings. The smallest absolute Gasteiger partial charge is 0.277 e. The number of nitrogens with two attached hydrogens (primary N) is 1. The van der Waals surface area contributed by atoms with Gasteiger partial charge in [0, 0.05) is 18.1 Å². The summed E-state index contributed by atoms with van der Waals surface area (Å²) in [7, 11) is -3.46. The van der Waals surface area contributed by atoms with Crippen molar-refractivity contribution in [1.82, 2.24) is 9.44 Å². The second-order valence-electron chi connectivity index (χ2n) is 5.05. The van der Waals surface area contributed by atoms with Crippen molar-refractivity contribution in [2.45, 2.75) is 58.5 Å². The fourth-order valence-electron chi connectivity index (χ4n) is 1.33. The Bertz CT molecular complexity index is 283. The van der Waals surface area contributed by atoms with Gasteiger partial charge in [-0.15, -0.1) is 0 Å². The molecule has 0 aliphatic rings. The molecule has 0 aromatic heterocycles. The highest BCUT2D eigenvalue weighted by Gasteiger charge is 2.22. The molecule has 0 radical (unpaired) electrons. The average molecular weight is 251 g/mol. The topological polar surface area (TPSA) is 84.2 Å². The van der Waals surface area contributed by atoms with Crippen LogP contribution in [0.2, 0.25) is 0 Å². The van der Waals surface area contributed by atoms with E-state index in [9.17, 15) is 8.42 Å². The molecule has 0 spiro atoms. The van der Waals surface area contributed by atoms with Crippen molar-refractivity contribution < 1.29 is 8.42 Å². The standard InChI is InChI=1S/C10H25N3O2S/c1-5-6-7-9(8-11)12-16(14,15)13-10(2,3)4/h9,12-13H,5-8,11H2,1-4H3. The quantitative estimate of drug-likeness (QED) is 0.623. The summed E-state index contributed by atoms with van der Waals surface area (Å²) in [5, 5.41) is 0. The van der Waals surface area contributed by atoms with Crippen LogP contribution in [0.25, 0.3) is 0 Å². The number of rotatable bonds is 7. The van der Waals surface area contributed by atoms with Crippen molar-refractivity contribution in [3.63, 3.8) is 0 Å². The molecule has 6 heteroatoms. The SMILES string of the molecule is CCCCC(CN)NS(=O)(=O)NC(C)(C)C. The van der Waals surface area contributed by atoms with Crippen LogP contribution in [0, 0.1) is 0 Å². The molecule has 4 N–H and O–H groups in total. The highest BCUT2D eigenvalue weighted by molar-refractivity contribution is 7.87. The van der Waals surface area contributed by atoms with E-state index >= 15 is 0 Å². The minimum absolute atomic E-state index is 0.181. The fraction of sp³-hybridized carbons (Fsp3) is 1.00. The molecule has 16 heavy (non-hydrogen) atoms. The first kappa shape index (κ1) is 15.8. The normalized spacial score (nSPS) is 15.1. The number of hydrogen-bond acceptors (Lipinski definition) is 3. The van der Waals surface area contributed by atoms with E-state index in [4.69, 9.17) is 5.73 Å². The third-order valence-corrected chi connectivity index (χ3v) is 3.48. The minimum Gasteiger partial charge on any atom is -0.329 e. The zero-order valence-corrected chi connectivity index (χ0v) is 11.5. The van der Waals surface area contributed by atoms with Crippen LogP contribution in [0.15, 0.2) is 0 Å². The van der Waals surface area contributed by atoms with Gasteiger partial charge in [0.1, 0.15) is 0 Å². The number of nitrogens with one attached hydrogen (secondary N) is 2. The van der Waals surface area contributed by atoms with Crippen LogP contribution in [-0.4, -0.2) is 26.5 Å². The van der Waals surface area contributed by atoms with Crippen molar-refractivity contribution in [2.75, 3.05) is 6.54 Å². The average Bonchev–Trinajstić information content (AvgIpc) is 2.07. The van der Waals surface area contributed by atoms with E-state index in [0.29, 0.717) is 6.54 Å². The first-order valence-electron chi connectivity index (χ1n) is 5.71. The molecule has 1 unspecified atom stereocenters. The van der Waals surface area contributed by atoms with Crippen LogP contribution in [0.3, 0.4) is 0 Å². The van der Waals surface area contributed by atoms with E-state index in [1.807, 2.05) is 0 Å². The summed E-state index contributed by atoms with van der Waals surface area (Å²) < 4.78 is 28.5. The molecule has 0 rings (SSSR count). The van der Waals surface area contributed by atoms with Gasteiger partial charge in [0.05, 0.1) is 0 Å². The molecule has 0 fully saturated rings. The lowest BCUT2D eigenvalue weighted by molar-refractivity contribution is 0.465. The number of hydrogen-bond donors (Lipinski definition) is 3. The van der Waals surface area contributed by atoms with Crippen LogP contribution in [-0.2, 0) is 10.2 Å². The summed E-state index contributed by atoms with van der Waals surface area (Å²) in [4.78, 5) is 0. The molecule has 0 aliphatic carbocycles. The van der Waals surface area contributed by atoms with Crippen LogP contribution >= 0.6 is 0 Å². The van der Waals surface area contributed by atoms with E-state index in [2.05, 4.69) is 16.4 Å². The lowest BCUT2D eigenvalue weighted by Gasteiger charge is -2.23. The first-order chi connectivity index (χ1) is 7.20. The molecular weight excluding hydrogens is 226 g/mol. The van der Waals surface area contributed by atoms with Crippen molar-refractivity contribution in [2.24, 2.45) is 5.73 Å². The van der Waals surface area contributed by atoms with Gasteiger partial charge in [0.25, 0.3) is 10.2 Å². The van der Waals surface area contributed by atoms with Crippen molar-refractivity contribution in [3.05, 3.63) is 0 Å². The molecule has 0 aliphatic heterocycles. The molecule has 0 saturated carbocycles. The van der Waals surface area contributed by atoms with E-state index < -0.39 is 15.7 Å². The van der Waals surface area contributed by atoms with Crippen molar-refractivity contribution >= 4 is 10.2 Å². The maximum Gasteiger partial charge on any atom is 0.277 e.